The van der Waals surface area contributed by atoms with Gasteiger partial charge in [0, 0.05) is 6.42 Å². The van der Waals surface area contributed by atoms with Crippen molar-refractivity contribution < 1.29 is 57.5 Å². The molecule has 0 amide bonds. The number of ketones is 11. The molecule has 49 heavy (non-hydrogen) atoms. The average molecular weight is 687 g/mol. The molecule has 0 aromatic carbocycles. The molecular formula is C37H50O12. The van der Waals surface area contributed by atoms with Gasteiger partial charge in [0.1, 0.15) is 0 Å². The van der Waals surface area contributed by atoms with Gasteiger partial charge in [-0.15, -0.1) is 0 Å². The maximum absolute atomic E-state index is 12.0. The van der Waals surface area contributed by atoms with Crippen LogP contribution in [0.5, 0.6) is 0 Å². The minimum atomic E-state index is -2.53. The molecule has 1 aliphatic rings. The second-order valence-electron chi connectivity index (χ2n) is 12.9. The van der Waals surface area contributed by atoms with Crippen LogP contribution in [0.2, 0.25) is 0 Å². The van der Waals surface area contributed by atoms with Crippen molar-refractivity contribution in [2.75, 3.05) is 0 Å². The van der Waals surface area contributed by atoms with Crippen LogP contribution in [0, 0.1) is 5.92 Å². The van der Waals surface area contributed by atoms with Crippen LogP contribution in [-0.2, 0) is 57.5 Å². The second kappa shape index (κ2) is 25.1. The fourth-order valence-electron chi connectivity index (χ4n) is 5.43. The molecule has 0 N–H and O–H groups in total. The van der Waals surface area contributed by atoms with Crippen LogP contribution in [-0.4, -0.2) is 69.9 Å². The molecule has 1 aliphatic carbocycles. The van der Waals surface area contributed by atoms with Gasteiger partial charge in [0.05, 0.1) is 0 Å². The van der Waals surface area contributed by atoms with Crippen molar-refractivity contribution in [2.24, 2.45) is 5.92 Å². The summed E-state index contributed by atoms with van der Waals surface area (Å²) in [5.41, 5.74) is 0. The Morgan fingerprint density at radius 3 is 0.918 bits per heavy atom. The van der Waals surface area contributed by atoms with Crippen molar-refractivity contribution in [3.8, 4) is 0 Å². The first-order chi connectivity index (χ1) is 23.4. The molecule has 12 heteroatoms. The van der Waals surface area contributed by atoms with E-state index in [-0.39, 0.29) is 12.8 Å². The molecule has 0 radical (unpaired) electrons. The van der Waals surface area contributed by atoms with Gasteiger partial charge in [-0.1, -0.05) is 141 Å². The highest BCUT2D eigenvalue weighted by molar-refractivity contribution is 7.03. The van der Waals surface area contributed by atoms with E-state index >= 15 is 0 Å². The number of carbonyl (C=O) groups is 12. The van der Waals surface area contributed by atoms with Crippen LogP contribution in [0.1, 0.15) is 154 Å². The van der Waals surface area contributed by atoms with Crippen molar-refractivity contribution >= 4 is 69.9 Å². The highest BCUT2D eigenvalue weighted by Crippen LogP contribution is 2.34. The first-order valence-electron chi connectivity index (χ1n) is 17.8. The summed E-state index contributed by atoms with van der Waals surface area (Å²) in [6.45, 7) is 0. The van der Waals surface area contributed by atoms with Crippen LogP contribution in [0.3, 0.4) is 0 Å². The lowest BCUT2D eigenvalue weighted by Gasteiger charge is -2.04. The Hall–Kier alpha value is -3.96. The van der Waals surface area contributed by atoms with Crippen molar-refractivity contribution in [1.29, 1.82) is 0 Å². The Bertz CT molecular complexity index is 1250. The van der Waals surface area contributed by atoms with Crippen LogP contribution in [0.15, 0.2) is 0 Å². The second-order valence-corrected chi connectivity index (χ2v) is 12.9. The predicted octanol–water partition coefficient (Wildman–Crippen LogP) is 4.44. The van der Waals surface area contributed by atoms with E-state index in [1.807, 2.05) is 0 Å². The van der Waals surface area contributed by atoms with Gasteiger partial charge < -0.3 is 0 Å². The SMILES string of the molecule is O=CC(=O)C(=O)C(=O)C(=O)C(=O)C(=O)C(=O)C(=O)C(=O)C(=O)C(=O)CCCCCCCCCCCCCCCCCCCCCCC1CC1. The van der Waals surface area contributed by atoms with Crippen LogP contribution >= 0.6 is 0 Å². The molecule has 0 aromatic heterocycles. The van der Waals surface area contributed by atoms with Gasteiger partial charge in [-0.25, -0.2) is 0 Å². The molecular weight excluding hydrogens is 636 g/mol. The molecule has 1 saturated carbocycles. The molecule has 0 heterocycles. The topological polar surface area (TPSA) is 205 Å². The Morgan fingerprint density at radius 1 is 0.347 bits per heavy atom. The van der Waals surface area contributed by atoms with Gasteiger partial charge in [-0.05, 0) is 12.3 Å². The standard InChI is InChI=1S/C37H50O12/c38-25-28(40)30(42)32(44)34(46)36(48)37(49)35(47)33(45)31(43)29(41)27(39)22-20-18-16-14-12-10-8-6-4-2-1-3-5-7-9-11-13-15-17-19-21-26-23-24-26/h25-26H,1-24H2. The van der Waals surface area contributed by atoms with E-state index in [1.54, 1.807) is 0 Å². The molecule has 0 atom stereocenters. The number of aldehydes is 1. The van der Waals surface area contributed by atoms with Crippen LogP contribution in [0.25, 0.3) is 0 Å². The summed E-state index contributed by atoms with van der Waals surface area (Å²) in [6, 6.07) is 0. The number of carbonyl (C=O) groups excluding carboxylic acids is 12. The third-order valence-corrected chi connectivity index (χ3v) is 8.70. The molecule has 0 aliphatic heterocycles. The molecule has 1 fully saturated rings. The van der Waals surface area contributed by atoms with Gasteiger partial charge in [-0.2, -0.15) is 0 Å². The first-order valence-corrected chi connectivity index (χ1v) is 17.8. The molecule has 0 aromatic rings. The molecule has 0 spiro atoms. The fraction of sp³-hybridized carbons (Fsp3) is 0.676. The quantitative estimate of drug-likeness (QED) is 0.0399. The predicted molar refractivity (Wildman–Crippen MR) is 175 cm³/mol. The summed E-state index contributed by atoms with van der Waals surface area (Å²) in [6.07, 6.45) is 26.7. The minimum Gasteiger partial charge on any atom is -0.294 e. The summed E-state index contributed by atoms with van der Waals surface area (Å²) in [5, 5.41) is 0. The van der Waals surface area contributed by atoms with Gasteiger partial charge in [0.2, 0.25) is 5.78 Å². The van der Waals surface area contributed by atoms with Crippen molar-refractivity contribution in [3.05, 3.63) is 0 Å². The van der Waals surface area contributed by atoms with Crippen LogP contribution < -0.4 is 0 Å². The molecule has 270 valence electrons. The number of rotatable bonds is 34. The van der Waals surface area contributed by atoms with Crippen molar-refractivity contribution in [2.45, 2.75) is 154 Å². The van der Waals surface area contributed by atoms with E-state index in [0.29, 0.717) is 6.42 Å². The lowest BCUT2D eigenvalue weighted by atomic mass is 9.97. The van der Waals surface area contributed by atoms with Gasteiger partial charge in [0.15, 0.2) is 6.29 Å². The zero-order valence-corrected chi connectivity index (χ0v) is 28.5. The van der Waals surface area contributed by atoms with Crippen LogP contribution in [0.4, 0.5) is 0 Å². The maximum Gasteiger partial charge on any atom is 0.281 e. The first kappa shape index (κ1) is 43.1. The lowest BCUT2D eigenvalue weighted by Crippen LogP contribution is -2.44. The number of hydrogen-bond acceptors (Lipinski definition) is 12. The summed E-state index contributed by atoms with van der Waals surface area (Å²) in [4.78, 5) is 138. The van der Waals surface area contributed by atoms with E-state index in [4.69, 9.17) is 0 Å². The molecule has 1 rings (SSSR count). The number of hydrogen-bond donors (Lipinski definition) is 0. The summed E-state index contributed by atoms with van der Waals surface area (Å²) in [5.74, 6) is -23.4. The van der Waals surface area contributed by atoms with Crippen molar-refractivity contribution in [1.82, 2.24) is 0 Å². The highest BCUT2D eigenvalue weighted by Gasteiger charge is 2.43. The zero-order chi connectivity index (χ0) is 36.6. The highest BCUT2D eigenvalue weighted by atomic mass is 16.2. The monoisotopic (exact) mass is 686 g/mol. The van der Waals surface area contributed by atoms with E-state index in [9.17, 15) is 57.5 Å². The van der Waals surface area contributed by atoms with Gasteiger partial charge >= 0.3 is 0 Å². The molecule has 0 unspecified atom stereocenters. The van der Waals surface area contributed by atoms with E-state index < -0.39 is 69.9 Å². The normalized spacial score (nSPS) is 12.2. The summed E-state index contributed by atoms with van der Waals surface area (Å²) in [7, 11) is 0. The lowest BCUT2D eigenvalue weighted by molar-refractivity contribution is -0.156. The average Bonchev–Trinajstić information content (AvgIpc) is 3.94. The van der Waals surface area contributed by atoms with Gasteiger partial charge in [0.25, 0.3) is 57.8 Å². The Morgan fingerprint density at radius 2 is 0.612 bits per heavy atom. The smallest absolute Gasteiger partial charge is 0.281 e. The third kappa shape index (κ3) is 17.8. The zero-order valence-electron chi connectivity index (χ0n) is 28.5. The summed E-state index contributed by atoms with van der Waals surface area (Å²) >= 11 is 0. The Labute approximate surface area is 287 Å². The Balaban J connectivity index is 2.05. The van der Waals surface area contributed by atoms with E-state index in [1.165, 1.54) is 109 Å². The number of Topliss-reactive ketones (excluding diaryl/α,β-unsaturated/α-hetero) is 11. The fourth-order valence-corrected chi connectivity index (χ4v) is 5.43. The van der Waals surface area contributed by atoms with E-state index in [0.717, 1.165) is 31.6 Å². The molecule has 12 nitrogen and oxygen atoms in total. The minimum absolute atomic E-state index is 0.238. The largest absolute Gasteiger partial charge is 0.294 e. The molecule has 0 saturated heterocycles. The third-order valence-electron chi connectivity index (χ3n) is 8.70. The maximum atomic E-state index is 12.0. The van der Waals surface area contributed by atoms with E-state index in [2.05, 4.69) is 0 Å². The van der Waals surface area contributed by atoms with Gasteiger partial charge in [-0.3, -0.25) is 57.5 Å². The molecule has 0 bridgehead atoms. The van der Waals surface area contributed by atoms with Crippen molar-refractivity contribution in [3.63, 3.8) is 0 Å². The summed E-state index contributed by atoms with van der Waals surface area (Å²) < 4.78 is 0. The Kier molecular flexibility index (Phi) is 22.0. The number of unbranched alkanes of at least 4 members (excludes halogenated alkanes) is 19.